The van der Waals surface area contributed by atoms with E-state index in [0.29, 0.717) is 11.1 Å². The molecular weight excluding hydrogens is 389 g/mol. The van der Waals surface area contributed by atoms with E-state index in [9.17, 15) is 0 Å². The monoisotopic (exact) mass is 390 g/mol. The van der Waals surface area contributed by atoms with Gasteiger partial charge in [0.1, 0.15) is 0 Å². The molecule has 8 heteroatoms. The Bertz CT molecular complexity index is 499. The lowest BCUT2D eigenvalue weighted by Crippen LogP contribution is -2.05. The normalized spacial score (nSPS) is 11.0. The van der Waals surface area contributed by atoms with Gasteiger partial charge in [-0.3, -0.25) is 0 Å². The predicted molar refractivity (Wildman–Crippen MR) is 86.8 cm³/mol. The first-order chi connectivity index (χ1) is 8.17. The standard InChI is InChI=1S/C10H4Cl6Si2/c11-17(12,13)7-5-9-3-1-2-4-10(9)6-8-18(14,15)16/h1-4H. The van der Waals surface area contributed by atoms with Crippen LogP contribution in [-0.4, -0.2) is 12.0 Å². The minimum absolute atomic E-state index is 0.645. The maximum Gasteiger partial charge on any atom is 0.422 e. The van der Waals surface area contributed by atoms with Crippen LogP contribution in [0.2, 0.25) is 0 Å². The summed E-state index contributed by atoms with van der Waals surface area (Å²) in [5.74, 6) is 5.58. The molecule has 0 aliphatic rings. The summed E-state index contributed by atoms with van der Waals surface area (Å²) in [7, 11) is 0. The highest BCUT2D eigenvalue weighted by molar-refractivity contribution is 7.68. The van der Waals surface area contributed by atoms with E-state index in [2.05, 4.69) is 22.9 Å². The summed E-state index contributed by atoms with van der Waals surface area (Å²) in [6, 6.07) is 1.18. The average molecular weight is 393 g/mol. The third-order valence-corrected chi connectivity index (χ3v) is 4.12. The minimum Gasteiger partial charge on any atom is -0.113 e. The third-order valence-electron chi connectivity index (χ3n) is 1.60. The molecule has 0 unspecified atom stereocenters. The van der Waals surface area contributed by atoms with E-state index in [4.69, 9.17) is 66.5 Å². The van der Waals surface area contributed by atoms with Crippen LogP contribution in [0.5, 0.6) is 0 Å². The van der Waals surface area contributed by atoms with E-state index < -0.39 is 12.0 Å². The Hall–Kier alpha value is 0.514. The Morgan fingerprint density at radius 2 is 1.00 bits per heavy atom. The van der Waals surface area contributed by atoms with Crippen LogP contribution in [0.1, 0.15) is 11.1 Å². The largest absolute Gasteiger partial charge is 0.422 e. The first-order valence-corrected chi connectivity index (χ1v) is 14.5. The predicted octanol–water partition coefficient (Wildman–Crippen LogP) is 4.78. The summed E-state index contributed by atoms with van der Waals surface area (Å²) < 4.78 is 0. The zero-order chi connectivity index (χ0) is 13.8. The van der Waals surface area contributed by atoms with Crippen LogP contribution in [0, 0.1) is 22.9 Å². The Kier molecular flexibility index (Phi) is 6.25. The van der Waals surface area contributed by atoms with Gasteiger partial charge >= 0.3 is 12.0 Å². The Balaban J connectivity index is 3.14. The van der Waals surface area contributed by atoms with Gasteiger partial charge in [-0.05, 0) is 12.1 Å². The second-order valence-corrected chi connectivity index (χ2v) is 19.2. The summed E-state index contributed by atoms with van der Waals surface area (Å²) >= 11 is 34.1. The molecule has 0 bridgehead atoms. The third kappa shape index (κ3) is 7.19. The molecule has 1 aromatic carbocycles. The van der Waals surface area contributed by atoms with Gasteiger partial charge in [0.15, 0.2) is 0 Å². The van der Waals surface area contributed by atoms with Gasteiger partial charge in [-0.25, -0.2) is 0 Å². The molecule has 18 heavy (non-hydrogen) atoms. The molecule has 1 aromatic rings. The van der Waals surface area contributed by atoms with E-state index >= 15 is 0 Å². The number of halogens is 6. The lowest BCUT2D eigenvalue weighted by molar-refractivity contribution is 1.59. The molecule has 0 saturated heterocycles. The van der Waals surface area contributed by atoms with Crippen LogP contribution in [0.25, 0.3) is 0 Å². The van der Waals surface area contributed by atoms with Crippen molar-refractivity contribution in [1.82, 2.24) is 0 Å². The minimum atomic E-state index is -2.98. The highest BCUT2D eigenvalue weighted by atomic mass is 35.8. The summed E-state index contributed by atoms with van der Waals surface area (Å²) in [5.41, 5.74) is 6.50. The molecule has 0 atom stereocenters. The zero-order valence-electron chi connectivity index (χ0n) is 8.58. The van der Waals surface area contributed by atoms with Crippen molar-refractivity contribution in [1.29, 1.82) is 0 Å². The van der Waals surface area contributed by atoms with E-state index in [1.54, 1.807) is 12.1 Å². The smallest absolute Gasteiger partial charge is 0.113 e. The van der Waals surface area contributed by atoms with Gasteiger partial charge in [0.2, 0.25) is 0 Å². The molecule has 0 heterocycles. The van der Waals surface area contributed by atoms with Crippen LogP contribution < -0.4 is 0 Å². The fourth-order valence-corrected chi connectivity index (χ4v) is 2.38. The van der Waals surface area contributed by atoms with Crippen LogP contribution in [0.3, 0.4) is 0 Å². The molecule has 0 nitrogen and oxygen atoms in total. The molecule has 0 aromatic heterocycles. The lowest BCUT2D eigenvalue weighted by Gasteiger charge is -1.98. The Labute approximate surface area is 136 Å². The second-order valence-electron chi connectivity index (χ2n) is 3.04. The SMILES string of the molecule is Cl[Si](Cl)(Cl)C#Cc1ccccc1C#C[Si](Cl)(Cl)Cl. The van der Waals surface area contributed by atoms with Crippen LogP contribution in [0.4, 0.5) is 0 Å². The van der Waals surface area contributed by atoms with Gasteiger partial charge < -0.3 is 0 Å². The Morgan fingerprint density at radius 1 is 0.667 bits per heavy atom. The molecule has 0 fully saturated rings. The quantitative estimate of drug-likeness (QED) is 0.338. The first kappa shape index (κ1) is 16.6. The maximum atomic E-state index is 5.69. The molecule has 0 spiro atoms. The van der Waals surface area contributed by atoms with Crippen molar-refractivity contribution < 1.29 is 0 Å². The summed E-state index contributed by atoms with van der Waals surface area (Å²) in [6.07, 6.45) is 0. The van der Waals surface area contributed by atoms with E-state index in [1.807, 2.05) is 12.1 Å². The van der Waals surface area contributed by atoms with Crippen molar-refractivity contribution >= 4 is 78.5 Å². The van der Waals surface area contributed by atoms with Crippen molar-refractivity contribution in [3.05, 3.63) is 35.4 Å². The fourth-order valence-electron chi connectivity index (χ4n) is 0.978. The molecule has 94 valence electrons. The number of benzene rings is 1. The van der Waals surface area contributed by atoms with Gasteiger partial charge in [0.05, 0.1) is 0 Å². The van der Waals surface area contributed by atoms with Crippen molar-refractivity contribution in [3.8, 4) is 22.9 Å². The summed E-state index contributed by atoms with van der Waals surface area (Å²) in [5, 5.41) is 0. The van der Waals surface area contributed by atoms with Gasteiger partial charge in [-0.1, -0.05) is 35.1 Å². The molecule has 0 aliphatic carbocycles. The van der Waals surface area contributed by atoms with Crippen molar-refractivity contribution in [2.45, 2.75) is 0 Å². The summed E-state index contributed by atoms with van der Waals surface area (Å²) in [4.78, 5) is 0. The van der Waals surface area contributed by atoms with Gasteiger partial charge in [0, 0.05) is 11.1 Å². The molecule has 1 rings (SSSR count). The molecular formula is C10H4Cl6Si2. The van der Waals surface area contributed by atoms with Crippen molar-refractivity contribution in [3.63, 3.8) is 0 Å². The zero-order valence-corrected chi connectivity index (χ0v) is 15.1. The molecule has 0 saturated carbocycles. The first-order valence-electron chi connectivity index (χ1n) is 4.46. The van der Waals surface area contributed by atoms with Crippen molar-refractivity contribution in [2.75, 3.05) is 0 Å². The second kappa shape index (κ2) is 6.79. The highest BCUT2D eigenvalue weighted by Crippen LogP contribution is 2.19. The van der Waals surface area contributed by atoms with Crippen LogP contribution in [0.15, 0.2) is 24.3 Å². The molecule has 0 radical (unpaired) electrons. The Morgan fingerprint density at radius 3 is 1.28 bits per heavy atom. The highest BCUT2D eigenvalue weighted by Gasteiger charge is 2.22. The van der Waals surface area contributed by atoms with E-state index in [0.717, 1.165) is 0 Å². The summed E-state index contributed by atoms with van der Waals surface area (Å²) in [6.45, 7) is 0. The number of hydrogen-bond donors (Lipinski definition) is 0. The number of rotatable bonds is 0. The lowest BCUT2D eigenvalue weighted by atomic mass is 10.1. The van der Waals surface area contributed by atoms with Crippen molar-refractivity contribution in [2.24, 2.45) is 0 Å². The molecule has 0 aliphatic heterocycles. The van der Waals surface area contributed by atoms with Gasteiger partial charge in [0.25, 0.3) is 0 Å². The van der Waals surface area contributed by atoms with E-state index in [-0.39, 0.29) is 0 Å². The fraction of sp³-hybridized carbons (Fsp3) is 0. The number of hydrogen-bond acceptors (Lipinski definition) is 0. The molecule has 0 amide bonds. The topological polar surface area (TPSA) is 0 Å². The van der Waals surface area contributed by atoms with Crippen LogP contribution in [-0.2, 0) is 0 Å². The van der Waals surface area contributed by atoms with E-state index in [1.165, 1.54) is 0 Å². The maximum absolute atomic E-state index is 5.69. The van der Waals surface area contributed by atoms with Crippen LogP contribution >= 0.6 is 66.5 Å². The van der Waals surface area contributed by atoms with Gasteiger partial charge in [-0.2, -0.15) is 0 Å². The average Bonchev–Trinajstić information content (AvgIpc) is 2.22. The van der Waals surface area contributed by atoms with Gasteiger partial charge in [-0.15, -0.1) is 66.5 Å². The molecule has 0 N–H and O–H groups in total.